The Labute approximate surface area is 152 Å². The molecule has 1 atom stereocenters. The number of benzene rings is 1. The molecule has 1 N–H and O–H groups in total. The van der Waals surface area contributed by atoms with E-state index in [1.165, 1.54) is 7.05 Å². The number of carbonyl (C=O) groups is 3. The van der Waals surface area contributed by atoms with Crippen LogP contribution in [0.15, 0.2) is 24.3 Å². The van der Waals surface area contributed by atoms with Crippen molar-refractivity contribution < 1.29 is 27.6 Å². The molecule has 1 aromatic rings. The van der Waals surface area contributed by atoms with E-state index in [-0.39, 0.29) is 19.5 Å². The summed E-state index contributed by atoms with van der Waals surface area (Å²) in [5, 5.41) is 2.88. The smallest absolute Gasteiger partial charge is 0.336 e. The maximum atomic E-state index is 12.4. The molecule has 1 aromatic carbocycles. The molecule has 1 aliphatic rings. The van der Waals surface area contributed by atoms with E-state index in [0.717, 1.165) is 4.90 Å². The van der Waals surface area contributed by atoms with E-state index in [2.05, 4.69) is 5.32 Å². The third-order valence-corrected chi connectivity index (χ3v) is 4.17. The van der Waals surface area contributed by atoms with Gasteiger partial charge in [-0.2, -0.15) is 13.2 Å². The molecule has 0 bridgehead atoms. The highest BCUT2D eigenvalue weighted by molar-refractivity contribution is 6.33. The maximum Gasteiger partial charge on any atom is 0.406 e. The number of likely N-dealkylation sites (tertiary alicyclic amines) is 1. The number of anilines is 1. The van der Waals surface area contributed by atoms with Gasteiger partial charge in [-0.1, -0.05) is 23.7 Å². The fraction of sp³-hybridized carbons (Fsp3) is 0.438. The van der Waals surface area contributed by atoms with Gasteiger partial charge in [-0.05, 0) is 12.1 Å². The van der Waals surface area contributed by atoms with Crippen LogP contribution in [0.2, 0.25) is 5.02 Å². The minimum Gasteiger partial charge on any atom is -0.336 e. The number of rotatable bonds is 5. The van der Waals surface area contributed by atoms with Crippen molar-refractivity contribution in [2.45, 2.75) is 12.6 Å². The van der Waals surface area contributed by atoms with Gasteiger partial charge in [0, 0.05) is 20.0 Å². The summed E-state index contributed by atoms with van der Waals surface area (Å²) in [4.78, 5) is 37.7. The third-order valence-electron chi connectivity index (χ3n) is 3.84. The molecular weight excluding hydrogens is 375 g/mol. The minimum absolute atomic E-state index is 0.300. The quantitative estimate of drug-likeness (QED) is 0.836. The highest BCUT2D eigenvalue weighted by Crippen LogP contribution is 2.25. The van der Waals surface area contributed by atoms with Gasteiger partial charge >= 0.3 is 6.18 Å². The molecule has 2 rings (SSSR count). The molecule has 0 aliphatic carbocycles. The summed E-state index contributed by atoms with van der Waals surface area (Å²) in [5.74, 6) is -2.69. The van der Waals surface area contributed by atoms with Crippen molar-refractivity contribution in [3.63, 3.8) is 0 Å². The van der Waals surface area contributed by atoms with E-state index >= 15 is 0 Å². The lowest BCUT2D eigenvalue weighted by molar-refractivity contribution is -0.157. The number of para-hydroxylation sites is 1. The van der Waals surface area contributed by atoms with Crippen LogP contribution in [0.1, 0.15) is 6.42 Å². The van der Waals surface area contributed by atoms with Gasteiger partial charge in [0.2, 0.25) is 17.7 Å². The molecule has 1 heterocycles. The molecule has 0 radical (unpaired) electrons. The van der Waals surface area contributed by atoms with E-state index < -0.39 is 36.4 Å². The molecule has 0 aromatic heterocycles. The number of alkyl halides is 3. The molecule has 1 saturated heterocycles. The van der Waals surface area contributed by atoms with Crippen molar-refractivity contribution >= 4 is 35.0 Å². The first kappa shape index (κ1) is 20.0. The predicted molar refractivity (Wildman–Crippen MR) is 88.5 cm³/mol. The van der Waals surface area contributed by atoms with Gasteiger partial charge in [0.1, 0.15) is 6.54 Å². The predicted octanol–water partition coefficient (Wildman–Crippen LogP) is 2.15. The van der Waals surface area contributed by atoms with Crippen LogP contribution < -0.4 is 5.32 Å². The second-order valence-corrected chi connectivity index (χ2v) is 6.42. The number of likely N-dealkylation sites (N-methyl/N-ethyl adjacent to an activating group) is 1. The van der Waals surface area contributed by atoms with Gasteiger partial charge in [-0.25, -0.2) is 0 Å². The van der Waals surface area contributed by atoms with Gasteiger partial charge in [0.15, 0.2) is 0 Å². The van der Waals surface area contributed by atoms with E-state index in [0.29, 0.717) is 15.6 Å². The van der Waals surface area contributed by atoms with Crippen LogP contribution in [0.3, 0.4) is 0 Å². The highest BCUT2D eigenvalue weighted by atomic mass is 35.5. The summed E-state index contributed by atoms with van der Waals surface area (Å²) in [7, 11) is 1.35. The molecule has 0 saturated carbocycles. The topological polar surface area (TPSA) is 69.7 Å². The Bertz CT molecular complexity index is 711. The van der Waals surface area contributed by atoms with Crippen LogP contribution in [0.5, 0.6) is 0 Å². The fourth-order valence-corrected chi connectivity index (χ4v) is 2.85. The van der Waals surface area contributed by atoms with E-state index in [9.17, 15) is 27.6 Å². The van der Waals surface area contributed by atoms with Crippen LogP contribution in [0, 0.1) is 5.92 Å². The normalized spacial score (nSPS) is 17.3. The van der Waals surface area contributed by atoms with Crippen molar-refractivity contribution in [2.24, 2.45) is 5.92 Å². The maximum absolute atomic E-state index is 12.4. The van der Waals surface area contributed by atoms with Crippen LogP contribution in [-0.4, -0.2) is 60.4 Å². The fourth-order valence-electron chi connectivity index (χ4n) is 2.66. The highest BCUT2D eigenvalue weighted by Gasteiger charge is 2.41. The van der Waals surface area contributed by atoms with Crippen molar-refractivity contribution in [1.29, 1.82) is 0 Å². The number of hydrogen-bond acceptors (Lipinski definition) is 3. The average molecular weight is 392 g/mol. The summed E-state index contributed by atoms with van der Waals surface area (Å²) in [6.07, 6.45) is -4.82. The molecule has 1 aliphatic heterocycles. The molecule has 1 unspecified atom stereocenters. The summed E-state index contributed by atoms with van der Waals surface area (Å²) >= 11 is 5.93. The Morgan fingerprint density at radius 3 is 2.62 bits per heavy atom. The van der Waals surface area contributed by atoms with Gasteiger partial charge in [0.25, 0.3) is 0 Å². The van der Waals surface area contributed by atoms with Crippen LogP contribution in [0.25, 0.3) is 0 Å². The SMILES string of the molecule is CN(CC(=O)Nc1ccccc1Cl)C(=O)C1CC(=O)N(CC(F)(F)F)C1. The molecule has 26 heavy (non-hydrogen) atoms. The van der Waals surface area contributed by atoms with Gasteiger partial charge < -0.3 is 15.1 Å². The second-order valence-electron chi connectivity index (χ2n) is 6.01. The minimum atomic E-state index is -4.52. The zero-order chi connectivity index (χ0) is 19.5. The van der Waals surface area contributed by atoms with Gasteiger partial charge in [0.05, 0.1) is 23.2 Å². The zero-order valence-corrected chi connectivity index (χ0v) is 14.6. The lowest BCUT2D eigenvalue weighted by Gasteiger charge is -2.21. The van der Waals surface area contributed by atoms with Crippen molar-refractivity contribution in [2.75, 3.05) is 32.0 Å². The number of amides is 3. The summed E-state index contributed by atoms with van der Waals surface area (Å²) in [6.45, 7) is -2.01. The number of carbonyl (C=O) groups excluding carboxylic acids is 3. The Morgan fingerprint density at radius 1 is 1.35 bits per heavy atom. The molecule has 1 fully saturated rings. The van der Waals surface area contributed by atoms with E-state index in [4.69, 9.17) is 11.6 Å². The van der Waals surface area contributed by atoms with Gasteiger partial charge in [-0.3, -0.25) is 14.4 Å². The molecule has 142 valence electrons. The summed E-state index contributed by atoms with van der Waals surface area (Å²) in [5.41, 5.74) is 0.382. The molecular formula is C16H17ClF3N3O3. The van der Waals surface area contributed by atoms with Crippen LogP contribution >= 0.6 is 11.6 Å². The second kappa shape index (κ2) is 7.94. The Hall–Kier alpha value is -2.29. The number of nitrogens with one attached hydrogen (secondary N) is 1. The zero-order valence-electron chi connectivity index (χ0n) is 13.8. The average Bonchev–Trinajstić information content (AvgIpc) is 2.87. The molecule has 6 nitrogen and oxygen atoms in total. The first-order valence-electron chi connectivity index (χ1n) is 7.70. The lowest BCUT2D eigenvalue weighted by atomic mass is 10.1. The largest absolute Gasteiger partial charge is 0.406 e. The van der Waals surface area contributed by atoms with Crippen molar-refractivity contribution in [3.05, 3.63) is 29.3 Å². The third kappa shape index (κ3) is 5.35. The molecule has 3 amide bonds. The number of halogens is 4. The van der Waals surface area contributed by atoms with E-state index in [1.54, 1.807) is 24.3 Å². The molecule has 10 heteroatoms. The lowest BCUT2D eigenvalue weighted by Crippen LogP contribution is -2.40. The Morgan fingerprint density at radius 2 is 2.00 bits per heavy atom. The summed E-state index contributed by atoms with van der Waals surface area (Å²) in [6, 6.07) is 6.55. The first-order valence-corrected chi connectivity index (χ1v) is 8.08. The van der Waals surface area contributed by atoms with Crippen molar-refractivity contribution in [1.82, 2.24) is 9.80 Å². The Balaban J connectivity index is 1.90. The number of nitrogens with zero attached hydrogens (tertiary/aromatic N) is 2. The molecule has 0 spiro atoms. The standard InChI is InChI=1S/C16H17ClF3N3O3/c1-22(8-13(24)21-12-5-3-2-4-11(12)17)15(26)10-6-14(25)23(7-10)9-16(18,19)20/h2-5,10H,6-9H2,1H3,(H,21,24). The van der Waals surface area contributed by atoms with Crippen molar-refractivity contribution in [3.8, 4) is 0 Å². The number of hydrogen-bond donors (Lipinski definition) is 1. The van der Waals surface area contributed by atoms with Gasteiger partial charge in [-0.15, -0.1) is 0 Å². The monoisotopic (exact) mass is 391 g/mol. The summed E-state index contributed by atoms with van der Waals surface area (Å²) < 4.78 is 37.3. The van der Waals surface area contributed by atoms with E-state index in [1.807, 2.05) is 0 Å². The van der Waals surface area contributed by atoms with Crippen LogP contribution in [-0.2, 0) is 14.4 Å². The van der Waals surface area contributed by atoms with Crippen LogP contribution in [0.4, 0.5) is 18.9 Å². The first-order chi connectivity index (χ1) is 12.1. The Kier molecular flexibility index (Phi) is 6.12.